The normalized spacial score (nSPS) is 14.7. The lowest BCUT2D eigenvalue weighted by atomic mass is 10.0. The molecular formula is C19H22N4O3. The van der Waals surface area contributed by atoms with E-state index in [-0.39, 0.29) is 17.9 Å². The largest absolute Gasteiger partial charge is 0.477 e. The van der Waals surface area contributed by atoms with Gasteiger partial charge in [0, 0.05) is 37.7 Å². The van der Waals surface area contributed by atoms with Crippen molar-refractivity contribution in [1.29, 1.82) is 0 Å². The minimum Gasteiger partial charge on any atom is -0.477 e. The SMILES string of the molecule is CCOc1ncccc1C(=O)N1CCC(NC(=O)c2cccnc2)CC1. The fourth-order valence-corrected chi connectivity index (χ4v) is 2.97. The number of nitrogens with one attached hydrogen (secondary N) is 1. The maximum atomic E-state index is 12.8. The Hall–Kier alpha value is -2.96. The summed E-state index contributed by atoms with van der Waals surface area (Å²) in [5.41, 5.74) is 1.02. The number of pyridine rings is 2. The second-order valence-electron chi connectivity index (χ2n) is 6.07. The molecule has 0 unspecified atom stereocenters. The van der Waals surface area contributed by atoms with Gasteiger partial charge >= 0.3 is 0 Å². The molecular weight excluding hydrogens is 332 g/mol. The topological polar surface area (TPSA) is 84.4 Å². The molecule has 1 saturated heterocycles. The number of hydrogen-bond donors (Lipinski definition) is 1. The number of rotatable bonds is 5. The maximum Gasteiger partial charge on any atom is 0.259 e. The molecule has 0 aromatic carbocycles. The average Bonchev–Trinajstić information content (AvgIpc) is 2.69. The quantitative estimate of drug-likeness (QED) is 0.887. The Balaban J connectivity index is 1.57. The standard InChI is InChI=1S/C19H22N4O3/c1-2-26-18-16(6-4-10-21-18)19(25)23-11-7-15(8-12-23)22-17(24)14-5-3-9-20-13-14/h3-6,9-10,13,15H,2,7-8,11-12H2,1H3,(H,22,24). The van der Waals surface area contributed by atoms with E-state index in [0.717, 1.165) is 0 Å². The van der Waals surface area contributed by atoms with E-state index in [2.05, 4.69) is 15.3 Å². The number of amides is 2. The van der Waals surface area contributed by atoms with Gasteiger partial charge in [-0.2, -0.15) is 0 Å². The number of carbonyl (C=O) groups excluding carboxylic acids is 2. The molecule has 0 aliphatic carbocycles. The summed E-state index contributed by atoms with van der Waals surface area (Å²) in [6.45, 7) is 3.48. The van der Waals surface area contributed by atoms with Crippen LogP contribution in [0.2, 0.25) is 0 Å². The highest BCUT2D eigenvalue weighted by Gasteiger charge is 2.26. The Morgan fingerprint density at radius 1 is 1.23 bits per heavy atom. The van der Waals surface area contributed by atoms with Gasteiger partial charge in [-0.3, -0.25) is 14.6 Å². The van der Waals surface area contributed by atoms with Gasteiger partial charge in [0.1, 0.15) is 5.56 Å². The van der Waals surface area contributed by atoms with Crippen molar-refractivity contribution in [3.05, 3.63) is 54.0 Å². The third kappa shape index (κ3) is 4.17. The van der Waals surface area contributed by atoms with Crippen LogP contribution in [-0.2, 0) is 0 Å². The molecule has 1 aliphatic rings. The van der Waals surface area contributed by atoms with Crippen molar-refractivity contribution in [2.75, 3.05) is 19.7 Å². The van der Waals surface area contributed by atoms with Crippen LogP contribution in [0.4, 0.5) is 0 Å². The molecule has 136 valence electrons. The van der Waals surface area contributed by atoms with Crippen molar-refractivity contribution in [3.8, 4) is 5.88 Å². The second kappa shape index (κ2) is 8.42. The molecule has 3 rings (SSSR count). The Bertz CT molecular complexity index is 758. The average molecular weight is 354 g/mol. The zero-order valence-corrected chi connectivity index (χ0v) is 14.7. The first-order valence-electron chi connectivity index (χ1n) is 8.77. The van der Waals surface area contributed by atoms with Crippen molar-refractivity contribution in [2.45, 2.75) is 25.8 Å². The highest BCUT2D eigenvalue weighted by molar-refractivity contribution is 5.96. The summed E-state index contributed by atoms with van der Waals surface area (Å²) < 4.78 is 5.45. The smallest absolute Gasteiger partial charge is 0.259 e. The summed E-state index contributed by atoms with van der Waals surface area (Å²) in [5, 5.41) is 3.01. The highest BCUT2D eigenvalue weighted by atomic mass is 16.5. The molecule has 3 heterocycles. The Labute approximate surface area is 152 Å². The van der Waals surface area contributed by atoms with Gasteiger partial charge in [-0.1, -0.05) is 0 Å². The maximum absolute atomic E-state index is 12.8. The van der Waals surface area contributed by atoms with Crippen molar-refractivity contribution in [2.24, 2.45) is 0 Å². The summed E-state index contributed by atoms with van der Waals surface area (Å²) in [6.07, 6.45) is 6.22. The lowest BCUT2D eigenvalue weighted by Gasteiger charge is -2.32. The monoisotopic (exact) mass is 354 g/mol. The van der Waals surface area contributed by atoms with E-state index >= 15 is 0 Å². The molecule has 7 heteroatoms. The first-order chi connectivity index (χ1) is 12.7. The predicted molar refractivity (Wildman–Crippen MR) is 96.0 cm³/mol. The molecule has 0 saturated carbocycles. The Kier molecular flexibility index (Phi) is 5.78. The summed E-state index contributed by atoms with van der Waals surface area (Å²) in [6, 6.07) is 6.98. The molecule has 2 aromatic heterocycles. The lowest BCUT2D eigenvalue weighted by molar-refractivity contribution is 0.0693. The van der Waals surface area contributed by atoms with Crippen LogP contribution in [0, 0.1) is 0 Å². The van der Waals surface area contributed by atoms with Gasteiger partial charge in [0.15, 0.2) is 0 Å². The van der Waals surface area contributed by atoms with E-state index in [0.29, 0.717) is 49.5 Å². The minimum absolute atomic E-state index is 0.0482. The van der Waals surface area contributed by atoms with E-state index in [9.17, 15) is 9.59 Å². The van der Waals surface area contributed by atoms with Crippen LogP contribution in [0.5, 0.6) is 5.88 Å². The number of carbonyl (C=O) groups is 2. The summed E-state index contributed by atoms with van der Waals surface area (Å²) >= 11 is 0. The van der Waals surface area contributed by atoms with Crippen LogP contribution >= 0.6 is 0 Å². The molecule has 0 atom stereocenters. The molecule has 2 amide bonds. The van der Waals surface area contributed by atoms with Crippen molar-refractivity contribution in [3.63, 3.8) is 0 Å². The van der Waals surface area contributed by atoms with Crippen LogP contribution in [0.1, 0.15) is 40.5 Å². The van der Waals surface area contributed by atoms with Crippen LogP contribution in [0.3, 0.4) is 0 Å². The molecule has 0 radical (unpaired) electrons. The molecule has 1 fully saturated rings. The van der Waals surface area contributed by atoms with E-state index in [1.54, 1.807) is 47.8 Å². The predicted octanol–water partition coefficient (Wildman–Crippen LogP) is 1.91. The second-order valence-corrected chi connectivity index (χ2v) is 6.07. The van der Waals surface area contributed by atoms with Crippen LogP contribution < -0.4 is 10.1 Å². The van der Waals surface area contributed by atoms with Crippen LogP contribution in [-0.4, -0.2) is 52.4 Å². The van der Waals surface area contributed by atoms with E-state index in [4.69, 9.17) is 4.74 Å². The van der Waals surface area contributed by atoms with Gasteiger partial charge < -0.3 is 15.0 Å². The van der Waals surface area contributed by atoms with Crippen molar-refractivity contribution >= 4 is 11.8 Å². The molecule has 7 nitrogen and oxygen atoms in total. The number of piperidine rings is 1. The van der Waals surface area contributed by atoms with Crippen molar-refractivity contribution in [1.82, 2.24) is 20.2 Å². The fraction of sp³-hybridized carbons (Fsp3) is 0.368. The van der Waals surface area contributed by atoms with Gasteiger partial charge in [0.05, 0.1) is 12.2 Å². The van der Waals surface area contributed by atoms with E-state index < -0.39 is 0 Å². The fourth-order valence-electron chi connectivity index (χ4n) is 2.97. The third-order valence-corrected chi connectivity index (χ3v) is 4.32. The number of likely N-dealkylation sites (tertiary alicyclic amines) is 1. The zero-order valence-electron chi connectivity index (χ0n) is 14.7. The van der Waals surface area contributed by atoms with Crippen LogP contribution in [0.15, 0.2) is 42.9 Å². The van der Waals surface area contributed by atoms with E-state index in [1.807, 2.05) is 6.92 Å². The first kappa shape index (κ1) is 17.8. The zero-order chi connectivity index (χ0) is 18.4. The molecule has 1 aliphatic heterocycles. The molecule has 0 spiro atoms. The minimum atomic E-state index is -0.131. The summed E-state index contributed by atoms with van der Waals surface area (Å²) in [4.78, 5) is 34.8. The molecule has 0 bridgehead atoms. The molecule has 1 N–H and O–H groups in total. The van der Waals surface area contributed by atoms with Gasteiger partial charge in [-0.05, 0) is 44.0 Å². The summed E-state index contributed by atoms with van der Waals surface area (Å²) in [5.74, 6) is 0.152. The van der Waals surface area contributed by atoms with Crippen molar-refractivity contribution < 1.29 is 14.3 Å². The van der Waals surface area contributed by atoms with Gasteiger partial charge in [-0.25, -0.2) is 4.98 Å². The molecule has 26 heavy (non-hydrogen) atoms. The number of hydrogen-bond acceptors (Lipinski definition) is 5. The van der Waals surface area contributed by atoms with Gasteiger partial charge in [0.25, 0.3) is 11.8 Å². The van der Waals surface area contributed by atoms with E-state index in [1.165, 1.54) is 0 Å². The van der Waals surface area contributed by atoms with Gasteiger partial charge in [-0.15, -0.1) is 0 Å². The third-order valence-electron chi connectivity index (χ3n) is 4.32. The Morgan fingerprint density at radius 3 is 2.69 bits per heavy atom. The number of ether oxygens (including phenoxy) is 1. The Morgan fingerprint density at radius 2 is 2.00 bits per heavy atom. The highest BCUT2D eigenvalue weighted by Crippen LogP contribution is 2.20. The lowest BCUT2D eigenvalue weighted by Crippen LogP contribution is -2.46. The summed E-state index contributed by atoms with van der Waals surface area (Å²) in [7, 11) is 0. The molecule has 2 aromatic rings. The number of aromatic nitrogens is 2. The first-order valence-corrected chi connectivity index (χ1v) is 8.77. The van der Waals surface area contributed by atoms with Crippen LogP contribution in [0.25, 0.3) is 0 Å². The number of nitrogens with zero attached hydrogens (tertiary/aromatic N) is 3. The van der Waals surface area contributed by atoms with Gasteiger partial charge in [0.2, 0.25) is 5.88 Å².